The molecule has 0 rings (SSSR count). The first-order chi connectivity index (χ1) is 7.11. The summed E-state index contributed by atoms with van der Waals surface area (Å²) in [5.41, 5.74) is -0.686. The molecule has 0 spiro atoms. The van der Waals surface area contributed by atoms with Crippen molar-refractivity contribution in [3.05, 3.63) is 0 Å². The lowest BCUT2D eigenvalue weighted by Crippen LogP contribution is -2.44. The maximum absolute atomic E-state index is 11.3. The van der Waals surface area contributed by atoms with Crippen LogP contribution >= 0.6 is 23.2 Å². The van der Waals surface area contributed by atoms with Gasteiger partial charge >= 0.3 is 12.1 Å². The zero-order valence-corrected chi connectivity index (χ0v) is 10.8. The van der Waals surface area contributed by atoms with Crippen molar-refractivity contribution in [2.75, 3.05) is 0 Å². The molecule has 7 heteroatoms. The zero-order valence-electron chi connectivity index (χ0n) is 9.29. The predicted molar refractivity (Wildman–Crippen MR) is 60.9 cm³/mol. The van der Waals surface area contributed by atoms with Gasteiger partial charge in [-0.3, -0.25) is 0 Å². The quantitative estimate of drug-likeness (QED) is 0.769. The summed E-state index contributed by atoms with van der Waals surface area (Å²) in [6.07, 6.45) is -0.897. The van der Waals surface area contributed by atoms with E-state index in [-0.39, 0.29) is 6.42 Å². The molecule has 0 aliphatic rings. The van der Waals surface area contributed by atoms with E-state index < -0.39 is 28.5 Å². The summed E-state index contributed by atoms with van der Waals surface area (Å²) in [5.74, 6) is -1.21. The van der Waals surface area contributed by atoms with Gasteiger partial charge in [0.2, 0.25) is 0 Å². The van der Waals surface area contributed by atoms with Gasteiger partial charge in [0.25, 0.3) is 0 Å². The van der Waals surface area contributed by atoms with Gasteiger partial charge < -0.3 is 15.2 Å². The Balaban J connectivity index is 4.30. The van der Waals surface area contributed by atoms with Crippen LogP contribution in [0.15, 0.2) is 0 Å². The van der Waals surface area contributed by atoms with Gasteiger partial charge in [-0.2, -0.15) is 0 Å². The molecule has 1 atom stereocenters. The molecule has 16 heavy (non-hydrogen) atoms. The molecule has 2 N–H and O–H groups in total. The van der Waals surface area contributed by atoms with Crippen LogP contribution in [0.25, 0.3) is 0 Å². The summed E-state index contributed by atoms with van der Waals surface area (Å²) in [7, 11) is 0. The molecule has 0 aromatic rings. The zero-order chi connectivity index (χ0) is 12.9. The Kier molecular flexibility index (Phi) is 5.89. The maximum Gasteiger partial charge on any atom is 0.408 e. The number of amides is 1. The number of carboxylic acids is 1. The van der Waals surface area contributed by atoms with E-state index in [2.05, 4.69) is 5.32 Å². The number of carbonyl (C=O) groups is 2. The van der Waals surface area contributed by atoms with Gasteiger partial charge in [-0.05, 0) is 20.8 Å². The lowest BCUT2D eigenvalue weighted by molar-refractivity contribution is -0.139. The van der Waals surface area contributed by atoms with Crippen LogP contribution in [-0.4, -0.2) is 33.6 Å². The van der Waals surface area contributed by atoms with Crippen molar-refractivity contribution in [3.63, 3.8) is 0 Å². The van der Waals surface area contributed by atoms with Crippen molar-refractivity contribution in [3.8, 4) is 0 Å². The van der Waals surface area contributed by atoms with Crippen LogP contribution in [0, 0.1) is 0 Å². The number of carbonyl (C=O) groups excluding carboxylic acids is 1. The molecule has 0 aromatic carbocycles. The summed E-state index contributed by atoms with van der Waals surface area (Å²) in [4.78, 5) is 21.2. The van der Waals surface area contributed by atoms with E-state index in [1.807, 2.05) is 0 Å². The molecular weight excluding hydrogens is 257 g/mol. The van der Waals surface area contributed by atoms with Crippen LogP contribution in [-0.2, 0) is 9.53 Å². The summed E-state index contributed by atoms with van der Waals surface area (Å²) >= 11 is 10.9. The number of hydrogen-bond donors (Lipinski definition) is 2. The monoisotopic (exact) mass is 271 g/mol. The highest BCUT2D eigenvalue weighted by Crippen LogP contribution is 2.12. The smallest absolute Gasteiger partial charge is 0.408 e. The summed E-state index contributed by atoms with van der Waals surface area (Å²) in [6, 6.07) is -1.16. The Labute approximate surface area is 104 Å². The van der Waals surface area contributed by atoms with Gasteiger partial charge in [-0.25, -0.2) is 9.59 Å². The molecule has 0 unspecified atom stereocenters. The second-order valence-electron chi connectivity index (χ2n) is 4.16. The van der Waals surface area contributed by atoms with Gasteiger partial charge in [0.1, 0.15) is 16.5 Å². The third-order valence-corrected chi connectivity index (χ3v) is 1.76. The van der Waals surface area contributed by atoms with Crippen molar-refractivity contribution in [2.24, 2.45) is 0 Å². The van der Waals surface area contributed by atoms with Crippen molar-refractivity contribution >= 4 is 35.3 Å². The number of carboxylic acid groups (broad SMARTS) is 1. The van der Waals surface area contributed by atoms with E-state index in [1.165, 1.54) is 0 Å². The fraction of sp³-hybridized carbons (Fsp3) is 0.778. The minimum absolute atomic E-state index is 0.0856. The molecule has 0 aliphatic heterocycles. The SMILES string of the molecule is CC(C)(C)OC(=O)N[C@@H](CC(Cl)Cl)C(=O)O. The fourth-order valence-electron chi connectivity index (χ4n) is 0.849. The van der Waals surface area contributed by atoms with Gasteiger partial charge in [-0.1, -0.05) is 0 Å². The molecule has 0 fully saturated rings. The van der Waals surface area contributed by atoms with E-state index in [1.54, 1.807) is 20.8 Å². The molecule has 1 amide bonds. The molecule has 0 radical (unpaired) electrons. The molecule has 0 aliphatic carbocycles. The lowest BCUT2D eigenvalue weighted by atomic mass is 10.2. The summed E-state index contributed by atoms with van der Waals surface area (Å²) < 4.78 is 4.90. The average molecular weight is 272 g/mol. The Bertz CT molecular complexity index is 263. The standard InChI is InChI=1S/C9H15Cl2NO4/c1-9(2,3)16-8(15)12-5(7(13)14)4-6(10)11/h5-6H,4H2,1-3H3,(H,12,15)(H,13,14)/t5-/m0/s1. The topological polar surface area (TPSA) is 75.6 Å². The Morgan fingerprint density at radius 1 is 1.38 bits per heavy atom. The van der Waals surface area contributed by atoms with E-state index in [4.69, 9.17) is 33.0 Å². The first-order valence-corrected chi connectivity index (χ1v) is 5.49. The van der Waals surface area contributed by atoms with Crippen molar-refractivity contribution < 1.29 is 19.4 Å². The van der Waals surface area contributed by atoms with Crippen LogP contribution in [0.1, 0.15) is 27.2 Å². The van der Waals surface area contributed by atoms with Crippen LogP contribution < -0.4 is 5.32 Å². The largest absolute Gasteiger partial charge is 0.480 e. The van der Waals surface area contributed by atoms with Gasteiger partial charge in [-0.15, -0.1) is 23.2 Å². The Hall–Kier alpha value is -0.680. The highest BCUT2D eigenvalue weighted by atomic mass is 35.5. The average Bonchev–Trinajstić information content (AvgIpc) is 1.97. The maximum atomic E-state index is 11.3. The summed E-state index contributed by atoms with van der Waals surface area (Å²) in [6.45, 7) is 5.02. The third-order valence-electron chi connectivity index (χ3n) is 1.40. The minimum atomic E-state index is -1.21. The number of rotatable bonds is 4. The minimum Gasteiger partial charge on any atom is -0.480 e. The van der Waals surface area contributed by atoms with E-state index in [0.29, 0.717) is 0 Å². The number of halogens is 2. The number of alkyl halides is 2. The molecular formula is C9H15Cl2NO4. The van der Waals surface area contributed by atoms with Crippen molar-refractivity contribution in [2.45, 2.75) is 43.7 Å². The molecule has 0 aromatic heterocycles. The molecule has 94 valence electrons. The number of aliphatic carboxylic acids is 1. The van der Waals surface area contributed by atoms with Crippen LogP contribution in [0.4, 0.5) is 4.79 Å². The van der Waals surface area contributed by atoms with Crippen molar-refractivity contribution in [1.82, 2.24) is 5.32 Å². The highest BCUT2D eigenvalue weighted by molar-refractivity contribution is 6.44. The highest BCUT2D eigenvalue weighted by Gasteiger charge is 2.25. The lowest BCUT2D eigenvalue weighted by Gasteiger charge is -2.22. The molecule has 0 saturated carbocycles. The van der Waals surface area contributed by atoms with Crippen LogP contribution in [0.5, 0.6) is 0 Å². The summed E-state index contributed by atoms with van der Waals surface area (Å²) in [5, 5.41) is 11.0. The fourth-order valence-corrected chi connectivity index (χ4v) is 1.21. The van der Waals surface area contributed by atoms with Gasteiger partial charge in [0.15, 0.2) is 0 Å². The molecule has 0 saturated heterocycles. The number of alkyl carbamates (subject to hydrolysis) is 1. The third kappa shape index (κ3) is 7.59. The van der Waals surface area contributed by atoms with Crippen molar-refractivity contribution in [1.29, 1.82) is 0 Å². The predicted octanol–water partition coefficient (Wildman–Crippen LogP) is 2.16. The Morgan fingerprint density at radius 3 is 2.19 bits per heavy atom. The van der Waals surface area contributed by atoms with Crippen LogP contribution in [0.2, 0.25) is 0 Å². The molecule has 0 bridgehead atoms. The van der Waals surface area contributed by atoms with Gasteiger partial charge in [0.05, 0.1) is 0 Å². The first-order valence-electron chi connectivity index (χ1n) is 4.62. The second-order valence-corrected chi connectivity index (χ2v) is 5.44. The second kappa shape index (κ2) is 6.15. The number of nitrogens with one attached hydrogen (secondary N) is 1. The number of hydrogen-bond acceptors (Lipinski definition) is 3. The van der Waals surface area contributed by atoms with E-state index in [9.17, 15) is 9.59 Å². The van der Waals surface area contributed by atoms with E-state index >= 15 is 0 Å². The normalized spacial score (nSPS) is 13.4. The van der Waals surface area contributed by atoms with Gasteiger partial charge in [0, 0.05) is 6.42 Å². The molecule has 5 nitrogen and oxygen atoms in total. The van der Waals surface area contributed by atoms with Crippen LogP contribution in [0.3, 0.4) is 0 Å². The molecule has 0 heterocycles. The Morgan fingerprint density at radius 2 is 1.88 bits per heavy atom. The van der Waals surface area contributed by atoms with E-state index in [0.717, 1.165) is 0 Å². The number of ether oxygens (including phenoxy) is 1. The first kappa shape index (κ1) is 15.3.